The van der Waals surface area contributed by atoms with Gasteiger partial charge >= 0.3 is 0 Å². The van der Waals surface area contributed by atoms with E-state index in [4.69, 9.17) is 11.6 Å². The summed E-state index contributed by atoms with van der Waals surface area (Å²) in [7, 11) is 0. The molecule has 1 aromatic rings. The maximum atomic E-state index is 13.5. The molecule has 1 aliphatic rings. The van der Waals surface area contributed by atoms with Gasteiger partial charge in [-0.05, 0) is 31.0 Å². The molecule has 0 aliphatic heterocycles. The molecule has 2 rings (SSSR count). The molecule has 1 saturated carbocycles. The number of hydrogen-bond donors (Lipinski definition) is 2. The van der Waals surface area contributed by atoms with Crippen molar-refractivity contribution in [2.24, 2.45) is 5.92 Å². The first-order valence-electron chi connectivity index (χ1n) is 6.02. The normalized spacial score (nSPS) is 23.7. The van der Waals surface area contributed by atoms with Crippen LogP contribution in [0, 0.1) is 11.7 Å². The molecule has 1 fully saturated rings. The van der Waals surface area contributed by atoms with Gasteiger partial charge in [-0.25, -0.2) is 4.39 Å². The van der Waals surface area contributed by atoms with Crippen LogP contribution in [-0.2, 0) is 4.79 Å². The van der Waals surface area contributed by atoms with Gasteiger partial charge < -0.3 is 10.4 Å². The third-order valence-electron chi connectivity index (χ3n) is 3.26. The molecule has 98 valence electrons. The Balaban J connectivity index is 2.06. The lowest BCUT2D eigenvalue weighted by Crippen LogP contribution is -2.35. The van der Waals surface area contributed by atoms with Crippen LogP contribution >= 0.6 is 11.6 Å². The monoisotopic (exact) mass is 271 g/mol. The van der Waals surface area contributed by atoms with Crippen molar-refractivity contribution < 1.29 is 14.3 Å². The van der Waals surface area contributed by atoms with Gasteiger partial charge in [0.25, 0.3) is 0 Å². The van der Waals surface area contributed by atoms with Crippen molar-refractivity contribution in [3.05, 3.63) is 29.0 Å². The van der Waals surface area contributed by atoms with E-state index in [1.165, 1.54) is 12.1 Å². The van der Waals surface area contributed by atoms with Crippen molar-refractivity contribution in [3.8, 4) is 0 Å². The highest BCUT2D eigenvalue weighted by atomic mass is 35.5. The predicted molar refractivity (Wildman–Crippen MR) is 68.0 cm³/mol. The Kier molecular flexibility index (Phi) is 4.19. The highest BCUT2D eigenvalue weighted by Crippen LogP contribution is 2.26. The average Bonchev–Trinajstić information content (AvgIpc) is 2.33. The van der Waals surface area contributed by atoms with Gasteiger partial charge in [0.2, 0.25) is 5.91 Å². The molecule has 1 aliphatic carbocycles. The molecule has 3 nitrogen and oxygen atoms in total. The highest BCUT2D eigenvalue weighted by Gasteiger charge is 2.29. The lowest BCUT2D eigenvalue weighted by Gasteiger charge is -2.26. The topological polar surface area (TPSA) is 49.3 Å². The van der Waals surface area contributed by atoms with E-state index in [9.17, 15) is 14.3 Å². The molecule has 1 amide bonds. The minimum atomic E-state index is -0.630. The SMILES string of the molecule is O=C(Nc1ccc(Cl)cc1F)[C@H]1CCCC[C@H]1O. The molecule has 0 saturated heterocycles. The molecule has 18 heavy (non-hydrogen) atoms. The molecule has 0 radical (unpaired) electrons. The Bertz CT molecular complexity index is 453. The molecule has 0 heterocycles. The van der Waals surface area contributed by atoms with Gasteiger partial charge in [0, 0.05) is 5.02 Å². The molecule has 2 N–H and O–H groups in total. The van der Waals surface area contributed by atoms with Crippen molar-refractivity contribution in [2.75, 3.05) is 5.32 Å². The fourth-order valence-electron chi connectivity index (χ4n) is 2.23. The van der Waals surface area contributed by atoms with Gasteiger partial charge in [0.1, 0.15) is 5.82 Å². The van der Waals surface area contributed by atoms with Crippen LogP contribution in [-0.4, -0.2) is 17.1 Å². The Labute approximate surface area is 110 Å². The van der Waals surface area contributed by atoms with Gasteiger partial charge in [0.15, 0.2) is 0 Å². The van der Waals surface area contributed by atoms with Gasteiger partial charge in [0.05, 0.1) is 17.7 Å². The molecular weight excluding hydrogens is 257 g/mol. The summed E-state index contributed by atoms with van der Waals surface area (Å²) in [5.41, 5.74) is 0.0992. The van der Waals surface area contributed by atoms with Crippen LogP contribution in [0.25, 0.3) is 0 Å². The Morgan fingerprint density at radius 1 is 1.39 bits per heavy atom. The molecule has 0 bridgehead atoms. The molecule has 1 aromatic carbocycles. The zero-order valence-electron chi connectivity index (χ0n) is 9.83. The molecular formula is C13H15ClFNO2. The van der Waals surface area contributed by atoms with Crippen LogP contribution in [0.4, 0.5) is 10.1 Å². The van der Waals surface area contributed by atoms with Crippen molar-refractivity contribution in [1.82, 2.24) is 0 Å². The summed E-state index contributed by atoms with van der Waals surface area (Å²) in [5.74, 6) is -1.35. The number of halogens is 2. The van der Waals surface area contributed by atoms with Gasteiger partial charge in [-0.2, -0.15) is 0 Å². The number of nitrogens with one attached hydrogen (secondary N) is 1. The number of hydrogen-bond acceptors (Lipinski definition) is 2. The number of aliphatic hydroxyl groups is 1. The Morgan fingerprint density at radius 2 is 2.11 bits per heavy atom. The zero-order chi connectivity index (χ0) is 13.1. The standard InChI is InChI=1S/C13H15ClFNO2/c14-8-5-6-11(10(15)7-8)16-13(18)9-3-1-2-4-12(9)17/h5-7,9,12,17H,1-4H2,(H,16,18)/t9-,12+/m0/s1. The lowest BCUT2D eigenvalue weighted by molar-refractivity contribution is -0.124. The lowest BCUT2D eigenvalue weighted by atomic mass is 9.86. The number of aliphatic hydroxyl groups excluding tert-OH is 1. The van der Waals surface area contributed by atoms with Crippen molar-refractivity contribution >= 4 is 23.2 Å². The van der Waals surface area contributed by atoms with Crippen LogP contribution < -0.4 is 5.32 Å². The minimum absolute atomic E-state index is 0.0992. The van der Waals surface area contributed by atoms with Crippen LogP contribution in [0.3, 0.4) is 0 Å². The second-order valence-corrected chi connectivity index (χ2v) is 5.01. The fourth-order valence-corrected chi connectivity index (χ4v) is 2.39. The fraction of sp³-hybridized carbons (Fsp3) is 0.462. The molecule has 2 atom stereocenters. The van der Waals surface area contributed by atoms with Crippen LogP contribution in [0.2, 0.25) is 5.02 Å². The summed E-state index contributed by atoms with van der Waals surface area (Å²) in [4.78, 5) is 11.9. The van der Waals surface area contributed by atoms with Crippen molar-refractivity contribution in [1.29, 1.82) is 0 Å². The highest BCUT2D eigenvalue weighted by molar-refractivity contribution is 6.30. The number of carbonyl (C=O) groups is 1. The average molecular weight is 272 g/mol. The number of benzene rings is 1. The van der Waals surface area contributed by atoms with Crippen LogP contribution in [0.1, 0.15) is 25.7 Å². The van der Waals surface area contributed by atoms with Gasteiger partial charge in [-0.1, -0.05) is 24.4 Å². The van der Waals surface area contributed by atoms with E-state index in [-0.39, 0.29) is 16.6 Å². The first kappa shape index (κ1) is 13.3. The second kappa shape index (κ2) is 5.67. The minimum Gasteiger partial charge on any atom is -0.392 e. The van der Waals surface area contributed by atoms with Crippen LogP contribution in [0.5, 0.6) is 0 Å². The van der Waals surface area contributed by atoms with E-state index in [1.54, 1.807) is 0 Å². The smallest absolute Gasteiger partial charge is 0.230 e. The van der Waals surface area contributed by atoms with E-state index < -0.39 is 17.8 Å². The summed E-state index contributed by atoms with van der Waals surface area (Å²) in [6, 6.07) is 4.08. The zero-order valence-corrected chi connectivity index (χ0v) is 10.6. The van der Waals surface area contributed by atoms with Gasteiger partial charge in [-0.15, -0.1) is 0 Å². The third kappa shape index (κ3) is 3.00. The largest absolute Gasteiger partial charge is 0.392 e. The molecule has 0 aromatic heterocycles. The van der Waals surface area contributed by atoms with Gasteiger partial charge in [-0.3, -0.25) is 4.79 Å². The van der Waals surface area contributed by atoms with E-state index in [2.05, 4.69) is 5.32 Å². The first-order valence-corrected chi connectivity index (χ1v) is 6.39. The van der Waals surface area contributed by atoms with Crippen molar-refractivity contribution in [3.63, 3.8) is 0 Å². The van der Waals surface area contributed by atoms with Crippen LogP contribution in [0.15, 0.2) is 18.2 Å². The summed E-state index contributed by atoms with van der Waals surface area (Å²) in [6.45, 7) is 0. The number of anilines is 1. The Morgan fingerprint density at radius 3 is 2.78 bits per heavy atom. The quantitative estimate of drug-likeness (QED) is 0.869. The predicted octanol–water partition coefficient (Wildman–Crippen LogP) is 2.97. The summed E-state index contributed by atoms with van der Waals surface area (Å²) in [5, 5.41) is 12.5. The molecule has 5 heteroatoms. The summed E-state index contributed by atoms with van der Waals surface area (Å²) in [6.07, 6.45) is 2.48. The van der Waals surface area contributed by atoms with E-state index in [0.717, 1.165) is 18.9 Å². The molecule has 0 spiro atoms. The van der Waals surface area contributed by atoms with Crippen molar-refractivity contribution in [2.45, 2.75) is 31.8 Å². The van der Waals surface area contributed by atoms with E-state index in [0.29, 0.717) is 12.8 Å². The number of rotatable bonds is 2. The summed E-state index contributed by atoms with van der Waals surface area (Å²) >= 11 is 5.63. The number of carbonyl (C=O) groups excluding carboxylic acids is 1. The van der Waals surface area contributed by atoms with E-state index >= 15 is 0 Å². The molecule has 0 unspecified atom stereocenters. The maximum absolute atomic E-state index is 13.5. The summed E-state index contributed by atoms with van der Waals surface area (Å²) < 4.78 is 13.5. The Hall–Kier alpha value is -1.13. The van der Waals surface area contributed by atoms with E-state index in [1.807, 2.05) is 0 Å². The first-order chi connectivity index (χ1) is 8.58. The second-order valence-electron chi connectivity index (χ2n) is 4.57. The number of amides is 1. The third-order valence-corrected chi connectivity index (χ3v) is 3.49. The maximum Gasteiger partial charge on any atom is 0.230 e.